The second kappa shape index (κ2) is 5.01. The molecule has 0 fully saturated rings. The minimum absolute atomic E-state index is 0. The van der Waals surface area contributed by atoms with Crippen LogP contribution in [0.15, 0.2) is 24.3 Å². The Morgan fingerprint density at radius 3 is 2.71 bits per heavy atom. The molecule has 1 aromatic carbocycles. The minimum atomic E-state index is -0.459. The van der Waals surface area contributed by atoms with Crippen LogP contribution in [0.25, 0.3) is 10.9 Å². The largest absolute Gasteiger partial charge is 0.507 e. The molecule has 4 nitrogen and oxygen atoms in total. The predicted octanol–water partition coefficient (Wildman–Crippen LogP) is 2.60. The molecule has 0 spiro atoms. The Morgan fingerprint density at radius 1 is 1.35 bits per heavy atom. The number of fused-ring (bicyclic) bond motifs is 1. The molecule has 0 atom stereocenters. The summed E-state index contributed by atoms with van der Waals surface area (Å²) < 4.78 is 4.83. The van der Waals surface area contributed by atoms with Crippen LogP contribution in [0.5, 0.6) is 11.6 Å². The van der Waals surface area contributed by atoms with Gasteiger partial charge in [0.1, 0.15) is 5.75 Å². The van der Waals surface area contributed by atoms with E-state index in [0.29, 0.717) is 10.9 Å². The normalized spacial score (nSPS) is 9.76. The Kier molecular flexibility index (Phi) is 3.91. The highest BCUT2D eigenvalue weighted by Gasteiger charge is 2.07. The molecule has 2 rings (SSSR count). The van der Waals surface area contributed by atoms with Gasteiger partial charge in [-0.05, 0) is 24.6 Å². The fourth-order valence-electron chi connectivity index (χ4n) is 1.50. The van der Waals surface area contributed by atoms with E-state index in [0.717, 1.165) is 5.56 Å². The molecule has 0 bridgehead atoms. The Morgan fingerprint density at radius 2 is 2.06 bits per heavy atom. The zero-order valence-electron chi connectivity index (χ0n) is 9.43. The topological polar surface area (TPSA) is 59.4 Å². The summed E-state index contributed by atoms with van der Waals surface area (Å²) >= 11 is 0. The average molecular weight is 254 g/mol. The maximum atomic E-state index is 10.8. The van der Waals surface area contributed by atoms with Crippen LogP contribution in [-0.4, -0.2) is 16.1 Å². The van der Waals surface area contributed by atoms with Crippen molar-refractivity contribution in [3.8, 4) is 11.6 Å². The van der Waals surface area contributed by atoms with Crippen molar-refractivity contribution in [2.75, 3.05) is 0 Å². The standard InChI is InChI=1S/C12H11NO3.ClH/c1-7-3-4-9-10(5-7)13-12(6-11(9)15)16-8(2)14;/h3-6H,1-2H3,(H,13,15);1H. The number of halogens is 1. The van der Waals surface area contributed by atoms with E-state index < -0.39 is 5.97 Å². The van der Waals surface area contributed by atoms with E-state index in [2.05, 4.69) is 4.98 Å². The summed E-state index contributed by atoms with van der Waals surface area (Å²) in [5, 5.41) is 10.4. The van der Waals surface area contributed by atoms with E-state index in [1.165, 1.54) is 13.0 Å². The van der Waals surface area contributed by atoms with E-state index >= 15 is 0 Å². The number of benzene rings is 1. The molecule has 0 saturated carbocycles. The Bertz CT molecular complexity index is 569. The van der Waals surface area contributed by atoms with E-state index in [-0.39, 0.29) is 24.0 Å². The SMILES string of the molecule is CC(=O)Oc1cc(O)c2ccc(C)cc2n1.Cl. The molecule has 0 aliphatic heterocycles. The monoisotopic (exact) mass is 253 g/mol. The molecular weight excluding hydrogens is 242 g/mol. The molecule has 0 aliphatic rings. The molecule has 2 aromatic rings. The Labute approximate surface area is 105 Å². The number of ether oxygens (including phenoxy) is 1. The summed E-state index contributed by atoms with van der Waals surface area (Å²) in [6.45, 7) is 3.22. The highest BCUT2D eigenvalue weighted by molar-refractivity contribution is 5.86. The van der Waals surface area contributed by atoms with Gasteiger partial charge in [-0.15, -0.1) is 12.4 Å². The smallest absolute Gasteiger partial charge is 0.309 e. The molecule has 5 heteroatoms. The Hall–Kier alpha value is -1.81. The zero-order valence-corrected chi connectivity index (χ0v) is 10.2. The lowest BCUT2D eigenvalue weighted by Gasteiger charge is -2.05. The van der Waals surface area contributed by atoms with Gasteiger partial charge < -0.3 is 9.84 Å². The van der Waals surface area contributed by atoms with Crippen molar-refractivity contribution in [2.24, 2.45) is 0 Å². The van der Waals surface area contributed by atoms with Crippen molar-refractivity contribution in [1.29, 1.82) is 0 Å². The second-order valence-corrected chi connectivity index (χ2v) is 3.59. The van der Waals surface area contributed by atoms with Gasteiger partial charge in [0, 0.05) is 18.4 Å². The third kappa shape index (κ3) is 2.85. The summed E-state index contributed by atoms with van der Waals surface area (Å²) in [6, 6.07) is 6.82. The van der Waals surface area contributed by atoms with Crippen LogP contribution < -0.4 is 4.74 Å². The first-order valence-corrected chi connectivity index (χ1v) is 4.85. The molecule has 17 heavy (non-hydrogen) atoms. The molecule has 1 heterocycles. The lowest BCUT2D eigenvalue weighted by molar-refractivity contribution is -0.132. The van der Waals surface area contributed by atoms with Gasteiger partial charge in [0.2, 0.25) is 5.88 Å². The molecule has 0 aliphatic carbocycles. The molecule has 1 N–H and O–H groups in total. The van der Waals surface area contributed by atoms with E-state index in [1.54, 1.807) is 6.07 Å². The van der Waals surface area contributed by atoms with Crippen LogP contribution in [0.1, 0.15) is 12.5 Å². The van der Waals surface area contributed by atoms with Gasteiger partial charge in [-0.2, -0.15) is 0 Å². The third-order valence-corrected chi connectivity index (χ3v) is 2.17. The van der Waals surface area contributed by atoms with Gasteiger partial charge in [-0.3, -0.25) is 4.79 Å². The van der Waals surface area contributed by atoms with Crippen molar-refractivity contribution in [2.45, 2.75) is 13.8 Å². The number of hydrogen-bond donors (Lipinski definition) is 1. The van der Waals surface area contributed by atoms with E-state index in [9.17, 15) is 9.90 Å². The van der Waals surface area contributed by atoms with Crippen LogP contribution in [0.2, 0.25) is 0 Å². The molecule has 90 valence electrons. The highest BCUT2D eigenvalue weighted by atomic mass is 35.5. The van der Waals surface area contributed by atoms with Crippen molar-refractivity contribution in [3.63, 3.8) is 0 Å². The van der Waals surface area contributed by atoms with Gasteiger partial charge in [-0.1, -0.05) is 6.07 Å². The molecule has 1 aromatic heterocycles. The summed E-state index contributed by atoms with van der Waals surface area (Å²) in [5.74, 6) is -0.289. The minimum Gasteiger partial charge on any atom is -0.507 e. The van der Waals surface area contributed by atoms with Crippen molar-refractivity contribution < 1.29 is 14.6 Å². The van der Waals surface area contributed by atoms with Crippen LogP contribution in [0.4, 0.5) is 0 Å². The first-order chi connectivity index (χ1) is 7.56. The number of hydrogen-bond acceptors (Lipinski definition) is 4. The van der Waals surface area contributed by atoms with Crippen LogP contribution in [-0.2, 0) is 4.79 Å². The van der Waals surface area contributed by atoms with Crippen LogP contribution in [0.3, 0.4) is 0 Å². The second-order valence-electron chi connectivity index (χ2n) is 3.59. The predicted molar refractivity (Wildman–Crippen MR) is 66.7 cm³/mol. The number of carbonyl (C=O) groups excluding carboxylic acids is 1. The van der Waals surface area contributed by atoms with Gasteiger partial charge in [0.05, 0.1) is 5.52 Å². The number of rotatable bonds is 1. The number of nitrogens with zero attached hydrogens (tertiary/aromatic N) is 1. The van der Waals surface area contributed by atoms with E-state index in [4.69, 9.17) is 4.74 Å². The van der Waals surface area contributed by atoms with Gasteiger partial charge in [0.25, 0.3) is 0 Å². The molecular formula is C12H12ClNO3. The fourth-order valence-corrected chi connectivity index (χ4v) is 1.50. The van der Waals surface area contributed by atoms with Crippen LogP contribution in [0, 0.1) is 6.92 Å². The summed E-state index contributed by atoms with van der Waals surface area (Å²) in [4.78, 5) is 14.9. The quantitative estimate of drug-likeness (QED) is 0.794. The summed E-state index contributed by atoms with van der Waals surface area (Å²) in [5.41, 5.74) is 1.63. The van der Waals surface area contributed by atoms with Gasteiger partial charge >= 0.3 is 5.97 Å². The fraction of sp³-hybridized carbons (Fsp3) is 0.167. The maximum Gasteiger partial charge on any atom is 0.309 e. The zero-order chi connectivity index (χ0) is 11.7. The number of aromatic hydroxyl groups is 1. The summed E-state index contributed by atoms with van der Waals surface area (Å²) in [7, 11) is 0. The third-order valence-electron chi connectivity index (χ3n) is 2.17. The first kappa shape index (κ1) is 13.3. The first-order valence-electron chi connectivity index (χ1n) is 4.85. The van der Waals surface area contributed by atoms with Gasteiger partial charge in [0.15, 0.2) is 0 Å². The number of pyridine rings is 1. The Balaban J connectivity index is 0.00000144. The molecule has 0 saturated heterocycles. The van der Waals surface area contributed by atoms with Gasteiger partial charge in [-0.25, -0.2) is 4.98 Å². The van der Waals surface area contributed by atoms with E-state index in [1.807, 2.05) is 19.1 Å². The average Bonchev–Trinajstić information content (AvgIpc) is 2.15. The highest BCUT2D eigenvalue weighted by Crippen LogP contribution is 2.27. The number of carbonyl (C=O) groups is 1. The molecule has 0 unspecified atom stereocenters. The number of aryl methyl sites for hydroxylation is 1. The van der Waals surface area contributed by atoms with Crippen molar-refractivity contribution in [1.82, 2.24) is 4.98 Å². The molecule has 0 radical (unpaired) electrons. The number of esters is 1. The number of aromatic nitrogens is 1. The molecule has 0 amide bonds. The lowest BCUT2D eigenvalue weighted by atomic mass is 10.1. The van der Waals surface area contributed by atoms with Crippen LogP contribution >= 0.6 is 12.4 Å². The lowest BCUT2D eigenvalue weighted by Crippen LogP contribution is -2.03. The summed E-state index contributed by atoms with van der Waals surface area (Å²) in [6.07, 6.45) is 0. The van der Waals surface area contributed by atoms with Crippen molar-refractivity contribution >= 4 is 29.3 Å². The van der Waals surface area contributed by atoms with Crippen molar-refractivity contribution in [3.05, 3.63) is 29.8 Å². The maximum absolute atomic E-state index is 10.8.